The quantitative estimate of drug-likeness (QED) is 0.172. The van der Waals surface area contributed by atoms with E-state index in [2.05, 4.69) is 149 Å². The van der Waals surface area contributed by atoms with Crippen LogP contribution in [-0.4, -0.2) is 24.1 Å². The number of nitrogens with zero attached hydrogens (tertiary/aromatic N) is 5. The van der Waals surface area contributed by atoms with Crippen molar-refractivity contribution in [3.63, 3.8) is 0 Å². The number of aromatic nitrogens is 5. The highest BCUT2D eigenvalue weighted by Gasteiger charge is 2.17. The summed E-state index contributed by atoms with van der Waals surface area (Å²) in [5.41, 5.74) is 11.0. The second kappa shape index (κ2) is 13.0. The van der Waals surface area contributed by atoms with E-state index < -0.39 is 0 Å². The van der Waals surface area contributed by atoms with E-state index in [1.54, 1.807) is 0 Å². The summed E-state index contributed by atoms with van der Waals surface area (Å²) in [7, 11) is 0. The fourth-order valence-corrected chi connectivity index (χ4v) is 8.14. The first-order valence-corrected chi connectivity index (χ1v) is 18.9. The van der Waals surface area contributed by atoms with E-state index in [1.165, 1.54) is 43.5 Å². The average Bonchev–Trinajstić information content (AvgIpc) is 3.87. The first-order chi connectivity index (χ1) is 27.8. The molecule has 0 aliphatic heterocycles. The highest BCUT2D eigenvalue weighted by molar-refractivity contribution is 6.25. The van der Waals surface area contributed by atoms with Gasteiger partial charge in [-0.1, -0.05) is 146 Å². The molecule has 0 N–H and O–H groups in total. The zero-order chi connectivity index (χ0) is 37.0. The van der Waals surface area contributed by atoms with Crippen molar-refractivity contribution in [2.24, 2.45) is 0 Å². The van der Waals surface area contributed by atoms with Gasteiger partial charge in [0, 0.05) is 50.4 Å². The van der Waals surface area contributed by atoms with Crippen LogP contribution in [0.1, 0.15) is 0 Å². The SMILES string of the molecule is c1ccc(-c2nc(-c3ccccc3)nc(-c3ccc(-c4ccc(-n5c6ccccc6c6c7ccc8c(ccn8-c8ccccc8)c7ccc65)cc4)cc3)n2)cc1. The highest BCUT2D eigenvalue weighted by Crippen LogP contribution is 2.40. The molecule has 0 saturated carbocycles. The molecule has 262 valence electrons. The van der Waals surface area contributed by atoms with E-state index in [4.69, 9.17) is 15.0 Å². The zero-order valence-corrected chi connectivity index (χ0v) is 30.3. The van der Waals surface area contributed by atoms with Crippen LogP contribution in [0.25, 0.3) is 100 Å². The Bertz CT molecular complexity index is 3140. The van der Waals surface area contributed by atoms with Crippen LogP contribution in [0, 0.1) is 0 Å². The molecule has 11 aromatic rings. The molecule has 0 atom stereocenters. The van der Waals surface area contributed by atoms with E-state index in [-0.39, 0.29) is 0 Å². The number of para-hydroxylation sites is 2. The van der Waals surface area contributed by atoms with Crippen molar-refractivity contribution < 1.29 is 0 Å². The zero-order valence-electron chi connectivity index (χ0n) is 30.3. The lowest BCUT2D eigenvalue weighted by molar-refractivity contribution is 1.07. The number of hydrogen-bond donors (Lipinski definition) is 0. The van der Waals surface area contributed by atoms with E-state index in [9.17, 15) is 0 Å². The number of hydrogen-bond acceptors (Lipinski definition) is 3. The van der Waals surface area contributed by atoms with E-state index >= 15 is 0 Å². The molecule has 5 nitrogen and oxygen atoms in total. The molecule has 0 aliphatic rings. The van der Waals surface area contributed by atoms with Crippen molar-refractivity contribution in [3.05, 3.63) is 200 Å². The molecule has 56 heavy (non-hydrogen) atoms. The van der Waals surface area contributed by atoms with Gasteiger partial charge in [-0.15, -0.1) is 0 Å². The Kier molecular flexibility index (Phi) is 7.42. The van der Waals surface area contributed by atoms with Crippen molar-refractivity contribution in [2.45, 2.75) is 0 Å². The molecule has 3 aromatic heterocycles. The third-order valence-electron chi connectivity index (χ3n) is 10.8. The van der Waals surface area contributed by atoms with Gasteiger partial charge in [-0.05, 0) is 70.4 Å². The van der Waals surface area contributed by atoms with Gasteiger partial charge in [-0.2, -0.15) is 0 Å². The molecule has 11 rings (SSSR count). The number of benzene rings is 8. The molecule has 0 aliphatic carbocycles. The van der Waals surface area contributed by atoms with Gasteiger partial charge in [0.15, 0.2) is 17.5 Å². The van der Waals surface area contributed by atoms with Crippen LogP contribution in [-0.2, 0) is 0 Å². The van der Waals surface area contributed by atoms with Crippen LogP contribution in [0.4, 0.5) is 0 Å². The molecular weight excluding hydrogens is 683 g/mol. The lowest BCUT2D eigenvalue weighted by atomic mass is 10.0. The molecular formula is C51H33N5. The van der Waals surface area contributed by atoms with Crippen LogP contribution < -0.4 is 0 Å². The first-order valence-electron chi connectivity index (χ1n) is 18.9. The predicted molar refractivity (Wildman–Crippen MR) is 230 cm³/mol. The molecule has 3 heterocycles. The van der Waals surface area contributed by atoms with Crippen LogP contribution in [0.5, 0.6) is 0 Å². The first kappa shape index (κ1) is 31.9. The second-order valence-corrected chi connectivity index (χ2v) is 14.1. The smallest absolute Gasteiger partial charge is 0.164 e. The lowest BCUT2D eigenvalue weighted by Crippen LogP contribution is -2.00. The number of rotatable bonds is 6. The Morgan fingerprint density at radius 3 is 1.43 bits per heavy atom. The van der Waals surface area contributed by atoms with Gasteiger partial charge in [0.05, 0.1) is 16.6 Å². The van der Waals surface area contributed by atoms with E-state index in [0.717, 1.165) is 39.2 Å². The Balaban J connectivity index is 0.958. The van der Waals surface area contributed by atoms with Gasteiger partial charge < -0.3 is 9.13 Å². The second-order valence-electron chi connectivity index (χ2n) is 14.1. The van der Waals surface area contributed by atoms with Crippen molar-refractivity contribution in [3.8, 4) is 56.7 Å². The molecule has 0 radical (unpaired) electrons. The normalized spacial score (nSPS) is 11.6. The molecule has 0 fully saturated rings. The van der Waals surface area contributed by atoms with Crippen molar-refractivity contribution in [1.82, 2.24) is 24.1 Å². The molecule has 8 aromatic carbocycles. The van der Waals surface area contributed by atoms with Crippen molar-refractivity contribution in [2.75, 3.05) is 0 Å². The van der Waals surface area contributed by atoms with Crippen LogP contribution in [0.2, 0.25) is 0 Å². The van der Waals surface area contributed by atoms with E-state index in [0.29, 0.717) is 17.5 Å². The minimum atomic E-state index is 0.646. The van der Waals surface area contributed by atoms with Crippen molar-refractivity contribution in [1.29, 1.82) is 0 Å². The maximum absolute atomic E-state index is 4.91. The summed E-state index contributed by atoms with van der Waals surface area (Å²) >= 11 is 0. The largest absolute Gasteiger partial charge is 0.317 e. The molecule has 0 bridgehead atoms. The molecule has 0 spiro atoms. The van der Waals surface area contributed by atoms with Crippen molar-refractivity contribution >= 4 is 43.5 Å². The van der Waals surface area contributed by atoms with Gasteiger partial charge in [0.25, 0.3) is 0 Å². The maximum Gasteiger partial charge on any atom is 0.164 e. The fraction of sp³-hybridized carbons (Fsp3) is 0. The third kappa shape index (κ3) is 5.29. The lowest BCUT2D eigenvalue weighted by Gasteiger charge is -2.11. The van der Waals surface area contributed by atoms with Gasteiger partial charge in [-0.25, -0.2) is 15.0 Å². The van der Waals surface area contributed by atoms with Crippen LogP contribution in [0.3, 0.4) is 0 Å². The monoisotopic (exact) mass is 715 g/mol. The fourth-order valence-electron chi connectivity index (χ4n) is 8.14. The van der Waals surface area contributed by atoms with Crippen LogP contribution in [0.15, 0.2) is 200 Å². The molecule has 0 amide bonds. The Morgan fingerprint density at radius 2 is 0.786 bits per heavy atom. The minimum absolute atomic E-state index is 0.646. The molecule has 0 unspecified atom stereocenters. The summed E-state index contributed by atoms with van der Waals surface area (Å²) in [5, 5.41) is 6.30. The molecule has 0 saturated heterocycles. The number of fused-ring (bicyclic) bond motifs is 7. The van der Waals surface area contributed by atoms with E-state index in [1.807, 2.05) is 60.7 Å². The highest BCUT2D eigenvalue weighted by atomic mass is 15.0. The van der Waals surface area contributed by atoms with Crippen LogP contribution >= 0.6 is 0 Å². The van der Waals surface area contributed by atoms with Gasteiger partial charge in [-0.3, -0.25) is 0 Å². The third-order valence-corrected chi connectivity index (χ3v) is 10.8. The summed E-state index contributed by atoms with van der Waals surface area (Å²) in [6.45, 7) is 0. The maximum atomic E-state index is 4.91. The Labute approximate surface area is 323 Å². The Hall–Kier alpha value is -7.63. The Morgan fingerprint density at radius 1 is 0.286 bits per heavy atom. The molecule has 5 heteroatoms. The predicted octanol–water partition coefficient (Wildman–Crippen LogP) is 12.7. The summed E-state index contributed by atoms with van der Waals surface area (Å²) < 4.78 is 4.67. The summed E-state index contributed by atoms with van der Waals surface area (Å²) in [6.07, 6.45) is 2.18. The average molecular weight is 716 g/mol. The summed E-state index contributed by atoms with van der Waals surface area (Å²) in [4.78, 5) is 14.7. The standard InChI is InChI=1S/C51H33N5/c1-4-12-36(13-5-1)49-52-50(37-14-6-2-7-15-37)54-51(53-49)38-22-20-34(21-23-38)35-24-26-40(27-25-35)56-46-19-11-10-18-44(46)48-43-29-30-45-42(41(43)28-31-47(48)56)32-33-55(45)39-16-8-3-9-17-39/h1-33H. The van der Waals surface area contributed by atoms with Gasteiger partial charge in [0.2, 0.25) is 0 Å². The topological polar surface area (TPSA) is 48.5 Å². The summed E-state index contributed by atoms with van der Waals surface area (Å²) in [5.74, 6) is 1.96. The van der Waals surface area contributed by atoms with Gasteiger partial charge >= 0.3 is 0 Å². The minimum Gasteiger partial charge on any atom is -0.317 e. The summed E-state index contributed by atoms with van der Waals surface area (Å²) in [6, 6.07) is 68.2. The van der Waals surface area contributed by atoms with Gasteiger partial charge in [0.1, 0.15) is 0 Å².